The van der Waals surface area contributed by atoms with Gasteiger partial charge >= 0.3 is 0 Å². The Bertz CT molecular complexity index is 498. The van der Waals surface area contributed by atoms with Gasteiger partial charge in [0.2, 0.25) is 0 Å². The number of nitro groups is 1. The van der Waals surface area contributed by atoms with Gasteiger partial charge in [0.25, 0.3) is 11.6 Å². The molecule has 0 spiro atoms. The van der Waals surface area contributed by atoms with Gasteiger partial charge in [-0.2, -0.15) is 0 Å². The van der Waals surface area contributed by atoms with Crippen LogP contribution in [0.25, 0.3) is 0 Å². The number of carbonyl (C=O) groups is 1. The summed E-state index contributed by atoms with van der Waals surface area (Å²) in [5.41, 5.74) is 0.0460. The number of rotatable bonds is 4. The van der Waals surface area contributed by atoms with Crippen molar-refractivity contribution in [2.75, 3.05) is 19.6 Å². The molecule has 6 nitrogen and oxygen atoms in total. The van der Waals surface area contributed by atoms with Crippen molar-refractivity contribution in [3.63, 3.8) is 0 Å². The van der Waals surface area contributed by atoms with E-state index in [9.17, 15) is 14.9 Å². The molecule has 1 heterocycles. The molecule has 108 valence electrons. The van der Waals surface area contributed by atoms with Crippen LogP contribution in [0.2, 0.25) is 0 Å². The van der Waals surface area contributed by atoms with Crippen LogP contribution < -0.4 is 5.32 Å². The fraction of sp³-hybridized carbons (Fsp3) is 0.500. The number of nitrogens with one attached hydrogen (secondary N) is 1. The van der Waals surface area contributed by atoms with Crippen LogP contribution in [-0.4, -0.2) is 41.4 Å². The molecule has 1 N–H and O–H groups in total. The summed E-state index contributed by atoms with van der Waals surface area (Å²) in [6, 6.07) is 6.25. The molecule has 1 aromatic carbocycles. The highest BCUT2D eigenvalue weighted by molar-refractivity contribution is 5.98. The van der Waals surface area contributed by atoms with E-state index in [1.807, 2.05) is 6.92 Å². The zero-order valence-corrected chi connectivity index (χ0v) is 11.5. The summed E-state index contributed by atoms with van der Waals surface area (Å²) in [5.74, 6) is -0.256. The molecule has 1 fully saturated rings. The van der Waals surface area contributed by atoms with Crippen LogP contribution in [0.1, 0.15) is 30.1 Å². The normalized spacial score (nSPS) is 18.6. The quantitative estimate of drug-likeness (QED) is 0.672. The van der Waals surface area contributed by atoms with Crippen LogP contribution in [0.4, 0.5) is 5.69 Å². The number of amides is 1. The molecule has 1 aliphatic heterocycles. The van der Waals surface area contributed by atoms with E-state index in [2.05, 4.69) is 5.32 Å². The summed E-state index contributed by atoms with van der Waals surface area (Å²) in [7, 11) is 0. The molecule has 1 amide bonds. The maximum atomic E-state index is 12.6. The molecule has 1 aromatic rings. The Balaban J connectivity index is 2.26. The van der Waals surface area contributed by atoms with Gasteiger partial charge in [-0.3, -0.25) is 14.9 Å². The van der Waals surface area contributed by atoms with Crippen LogP contribution in [0.3, 0.4) is 0 Å². The number of hydrogen-bond donors (Lipinski definition) is 1. The number of hydrogen-bond acceptors (Lipinski definition) is 4. The van der Waals surface area contributed by atoms with Gasteiger partial charge in [-0.1, -0.05) is 12.1 Å². The van der Waals surface area contributed by atoms with E-state index in [0.29, 0.717) is 6.54 Å². The third-order valence-electron chi connectivity index (χ3n) is 3.64. The highest BCUT2D eigenvalue weighted by Crippen LogP contribution is 2.22. The summed E-state index contributed by atoms with van der Waals surface area (Å²) in [6.45, 7) is 4.17. The van der Waals surface area contributed by atoms with Crippen LogP contribution in [-0.2, 0) is 0 Å². The third-order valence-corrected chi connectivity index (χ3v) is 3.64. The Labute approximate surface area is 117 Å². The summed E-state index contributed by atoms with van der Waals surface area (Å²) in [4.78, 5) is 24.9. The highest BCUT2D eigenvalue weighted by atomic mass is 16.6. The van der Waals surface area contributed by atoms with Gasteiger partial charge in [0.1, 0.15) is 5.56 Å². The van der Waals surface area contributed by atoms with Crippen LogP contribution in [0.5, 0.6) is 0 Å². The second-order valence-corrected chi connectivity index (χ2v) is 4.87. The monoisotopic (exact) mass is 277 g/mol. The summed E-state index contributed by atoms with van der Waals surface area (Å²) in [6.07, 6.45) is 1.96. The standard InChI is InChI=1S/C14H19N3O3/c1-2-16(11-6-5-9-15-10-11)14(18)12-7-3-4-8-13(12)17(19)20/h3-4,7-8,11,15H,2,5-6,9-10H2,1H3. The molecule has 1 aliphatic rings. The smallest absolute Gasteiger partial charge is 0.282 e. The fourth-order valence-corrected chi connectivity index (χ4v) is 2.64. The topological polar surface area (TPSA) is 75.5 Å². The largest absolute Gasteiger partial charge is 0.334 e. The zero-order valence-electron chi connectivity index (χ0n) is 11.5. The molecule has 20 heavy (non-hydrogen) atoms. The summed E-state index contributed by atoms with van der Waals surface area (Å²) >= 11 is 0. The third kappa shape index (κ3) is 2.96. The first-order valence-electron chi connectivity index (χ1n) is 6.90. The maximum Gasteiger partial charge on any atom is 0.282 e. The van der Waals surface area contributed by atoms with E-state index in [1.165, 1.54) is 12.1 Å². The van der Waals surface area contributed by atoms with E-state index in [1.54, 1.807) is 17.0 Å². The first-order valence-corrected chi connectivity index (χ1v) is 6.90. The highest BCUT2D eigenvalue weighted by Gasteiger charge is 2.28. The Kier molecular flexibility index (Phi) is 4.68. The Hall–Kier alpha value is -1.95. The van der Waals surface area contributed by atoms with Crippen LogP contribution in [0, 0.1) is 10.1 Å². The van der Waals surface area contributed by atoms with Crippen molar-refractivity contribution in [1.82, 2.24) is 10.2 Å². The van der Waals surface area contributed by atoms with Gasteiger partial charge in [0, 0.05) is 25.2 Å². The molecular formula is C14H19N3O3. The molecular weight excluding hydrogens is 258 g/mol. The van der Waals surface area contributed by atoms with Crippen molar-refractivity contribution in [1.29, 1.82) is 0 Å². The van der Waals surface area contributed by atoms with E-state index in [-0.39, 0.29) is 23.2 Å². The van der Waals surface area contributed by atoms with Crippen molar-refractivity contribution in [2.24, 2.45) is 0 Å². The molecule has 2 rings (SSSR count). The Morgan fingerprint density at radius 1 is 1.50 bits per heavy atom. The van der Waals surface area contributed by atoms with Gasteiger partial charge in [-0.15, -0.1) is 0 Å². The lowest BCUT2D eigenvalue weighted by molar-refractivity contribution is -0.385. The van der Waals surface area contributed by atoms with Crippen molar-refractivity contribution < 1.29 is 9.72 Å². The summed E-state index contributed by atoms with van der Waals surface area (Å²) in [5, 5.41) is 14.3. The van der Waals surface area contributed by atoms with Gasteiger partial charge < -0.3 is 10.2 Å². The molecule has 0 saturated carbocycles. The second kappa shape index (κ2) is 6.47. The first-order chi connectivity index (χ1) is 9.65. The minimum atomic E-state index is -0.500. The first kappa shape index (κ1) is 14.5. The lowest BCUT2D eigenvalue weighted by Crippen LogP contribution is -2.48. The average molecular weight is 277 g/mol. The lowest BCUT2D eigenvalue weighted by atomic mass is 10.0. The van der Waals surface area contributed by atoms with E-state index in [0.717, 1.165) is 25.9 Å². The number of benzene rings is 1. The maximum absolute atomic E-state index is 12.6. The van der Waals surface area contributed by atoms with Gasteiger partial charge in [0.05, 0.1) is 4.92 Å². The van der Waals surface area contributed by atoms with Crippen molar-refractivity contribution in [3.05, 3.63) is 39.9 Å². The van der Waals surface area contributed by atoms with Crippen molar-refractivity contribution in [3.8, 4) is 0 Å². The fourth-order valence-electron chi connectivity index (χ4n) is 2.64. The number of para-hydroxylation sites is 1. The molecule has 1 atom stereocenters. The summed E-state index contributed by atoms with van der Waals surface area (Å²) < 4.78 is 0. The van der Waals surface area contributed by atoms with Crippen LogP contribution in [0.15, 0.2) is 24.3 Å². The Morgan fingerprint density at radius 3 is 2.85 bits per heavy atom. The van der Waals surface area contributed by atoms with Crippen molar-refractivity contribution in [2.45, 2.75) is 25.8 Å². The van der Waals surface area contributed by atoms with Crippen LogP contribution >= 0.6 is 0 Å². The van der Waals surface area contributed by atoms with Gasteiger partial charge in [-0.05, 0) is 32.4 Å². The second-order valence-electron chi connectivity index (χ2n) is 4.87. The predicted octanol–water partition coefficient (Wildman–Crippen LogP) is 1.81. The van der Waals surface area contributed by atoms with E-state index >= 15 is 0 Å². The van der Waals surface area contributed by atoms with Gasteiger partial charge in [0.15, 0.2) is 0 Å². The minimum absolute atomic E-state index is 0.112. The molecule has 0 aromatic heterocycles. The number of nitro benzene ring substituents is 1. The molecule has 1 unspecified atom stereocenters. The van der Waals surface area contributed by atoms with E-state index < -0.39 is 4.92 Å². The zero-order chi connectivity index (χ0) is 14.5. The van der Waals surface area contributed by atoms with Gasteiger partial charge in [-0.25, -0.2) is 0 Å². The average Bonchev–Trinajstić information content (AvgIpc) is 2.49. The van der Waals surface area contributed by atoms with E-state index in [4.69, 9.17) is 0 Å². The number of likely N-dealkylation sites (N-methyl/N-ethyl adjacent to an activating group) is 1. The Morgan fingerprint density at radius 2 is 2.25 bits per heavy atom. The molecule has 0 bridgehead atoms. The predicted molar refractivity (Wildman–Crippen MR) is 75.7 cm³/mol. The lowest BCUT2D eigenvalue weighted by Gasteiger charge is -2.33. The molecule has 6 heteroatoms. The minimum Gasteiger partial charge on any atom is -0.334 e. The number of carbonyl (C=O) groups excluding carboxylic acids is 1. The van der Waals surface area contributed by atoms with Crippen molar-refractivity contribution >= 4 is 11.6 Å². The number of piperidine rings is 1. The molecule has 0 aliphatic carbocycles. The SMILES string of the molecule is CCN(C(=O)c1ccccc1[N+](=O)[O-])C1CCCNC1. The number of nitrogens with zero attached hydrogens (tertiary/aromatic N) is 2. The molecule has 1 saturated heterocycles. The molecule has 0 radical (unpaired) electrons.